The third-order valence-corrected chi connectivity index (χ3v) is 3.89. The number of nitrogens with zero attached hydrogens (tertiary/aromatic N) is 1. The maximum absolute atomic E-state index is 13.3. The molecule has 23 heavy (non-hydrogen) atoms. The van der Waals surface area contributed by atoms with Gasteiger partial charge in [0.05, 0.1) is 5.57 Å². The molecule has 0 radical (unpaired) electrons. The van der Waals surface area contributed by atoms with E-state index in [2.05, 4.69) is 0 Å². The largest absolute Gasteiger partial charge is 0.488 e. The Morgan fingerprint density at radius 2 is 2.00 bits per heavy atom. The maximum Gasteiger partial charge on any atom is 0.253 e. The van der Waals surface area contributed by atoms with Crippen molar-refractivity contribution in [1.29, 1.82) is 0 Å². The standard InChI is InChI=1S/C18H15ClFNO2/c1-21(10-12-2-4-15(19)5-3-12)18(22)14-8-13-9-16(20)6-7-17(13)23-11-14/h2-9H,10-11H2,1H3. The van der Waals surface area contributed by atoms with E-state index in [1.807, 2.05) is 12.1 Å². The first-order chi connectivity index (χ1) is 11.0. The van der Waals surface area contributed by atoms with Gasteiger partial charge < -0.3 is 9.64 Å². The lowest BCUT2D eigenvalue weighted by Gasteiger charge is -2.22. The van der Waals surface area contributed by atoms with Crippen LogP contribution in [0, 0.1) is 5.82 Å². The average molecular weight is 332 g/mol. The van der Waals surface area contributed by atoms with Crippen molar-refractivity contribution in [2.45, 2.75) is 6.54 Å². The van der Waals surface area contributed by atoms with Crippen molar-refractivity contribution in [3.63, 3.8) is 0 Å². The molecule has 1 amide bonds. The van der Waals surface area contributed by atoms with Crippen molar-refractivity contribution < 1.29 is 13.9 Å². The van der Waals surface area contributed by atoms with Crippen LogP contribution < -0.4 is 4.74 Å². The predicted molar refractivity (Wildman–Crippen MR) is 87.8 cm³/mol. The highest BCUT2D eigenvalue weighted by atomic mass is 35.5. The van der Waals surface area contributed by atoms with E-state index in [0.717, 1.165) is 5.56 Å². The van der Waals surface area contributed by atoms with Crippen LogP contribution in [-0.4, -0.2) is 24.5 Å². The molecule has 2 aromatic rings. The summed E-state index contributed by atoms with van der Waals surface area (Å²) in [5, 5.41) is 0.657. The van der Waals surface area contributed by atoms with Gasteiger partial charge in [-0.25, -0.2) is 4.39 Å². The van der Waals surface area contributed by atoms with Gasteiger partial charge in [-0.15, -0.1) is 0 Å². The Morgan fingerprint density at radius 3 is 2.74 bits per heavy atom. The van der Waals surface area contributed by atoms with Gasteiger partial charge in [0.25, 0.3) is 5.91 Å². The zero-order valence-electron chi connectivity index (χ0n) is 12.6. The molecule has 2 aromatic carbocycles. The summed E-state index contributed by atoms with van der Waals surface area (Å²) in [5.41, 5.74) is 2.06. The topological polar surface area (TPSA) is 29.5 Å². The predicted octanol–water partition coefficient (Wildman–Crippen LogP) is 3.91. The average Bonchev–Trinajstić information content (AvgIpc) is 2.55. The number of carbonyl (C=O) groups excluding carboxylic acids is 1. The normalized spacial score (nSPS) is 12.9. The molecule has 0 bridgehead atoms. The Bertz CT molecular complexity index is 771. The quantitative estimate of drug-likeness (QED) is 0.853. The number of rotatable bonds is 3. The van der Waals surface area contributed by atoms with Crippen LogP contribution in [0.4, 0.5) is 4.39 Å². The van der Waals surface area contributed by atoms with Gasteiger partial charge in [0, 0.05) is 24.2 Å². The van der Waals surface area contributed by atoms with Crippen LogP contribution in [0.1, 0.15) is 11.1 Å². The highest BCUT2D eigenvalue weighted by Crippen LogP contribution is 2.27. The number of hydrogen-bond acceptors (Lipinski definition) is 2. The van der Waals surface area contributed by atoms with Crippen molar-refractivity contribution in [2.24, 2.45) is 0 Å². The molecule has 0 saturated carbocycles. The number of fused-ring (bicyclic) bond motifs is 1. The highest BCUT2D eigenvalue weighted by Gasteiger charge is 2.20. The van der Waals surface area contributed by atoms with E-state index < -0.39 is 0 Å². The lowest BCUT2D eigenvalue weighted by molar-refractivity contribution is -0.126. The summed E-state index contributed by atoms with van der Waals surface area (Å²) >= 11 is 5.86. The molecule has 3 nitrogen and oxygen atoms in total. The molecule has 0 unspecified atom stereocenters. The van der Waals surface area contributed by atoms with Crippen LogP contribution in [0.25, 0.3) is 6.08 Å². The van der Waals surface area contributed by atoms with E-state index >= 15 is 0 Å². The van der Waals surface area contributed by atoms with Crippen molar-refractivity contribution in [3.8, 4) is 5.75 Å². The minimum absolute atomic E-state index is 0.144. The summed E-state index contributed by atoms with van der Waals surface area (Å²) in [6, 6.07) is 11.6. The Hall–Kier alpha value is -2.33. The highest BCUT2D eigenvalue weighted by molar-refractivity contribution is 6.30. The molecule has 0 saturated heterocycles. The van der Waals surface area contributed by atoms with Crippen LogP contribution in [0.15, 0.2) is 48.0 Å². The van der Waals surface area contributed by atoms with E-state index in [-0.39, 0.29) is 18.3 Å². The summed E-state index contributed by atoms with van der Waals surface area (Å²) in [7, 11) is 1.72. The zero-order chi connectivity index (χ0) is 16.4. The number of ether oxygens (including phenoxy) is 1. The molecule has 118 valence electrons. The fourth-order valence-corrected chi connectivity index (χ4v) is 2.58. The Labute approximate surface area is 138 Å². The first kappa shape index (κ1) is 15.6. The molecule has 0 N–H and O–H groups in total. The molecule has 0 aromatic heterocycles. The molecule has 0 aliphatic carbocycles. The van der Waals surface area contributed by atoms with E-state index in [1.165, 1.54) is 12.1 Å². The fourth-order valence-electron chi connectivity index (χ4n) is 2.45. The Kier molecular flexibility index (Phi) is 4.35. The second-order valence-electron chi connectivity index (χ2n) is 5.43. The van der Waals surface area contributed by atoms with E-state index in [1.54, 1.807) is 36.2 Å². The minimum Gasteiger partial charge on any atom is -0.488 e. The molecular formula is C18H15ClFNO2. The van der Waals surface area contributed by atoms with Crippen LogP contribution in [-0.2, 0) is 11.3 Å². The van der Waals surface area contributed by atoms with E-state index in [0.29, 0.717) is 28.5 Å². The second-order valence-corrected chi connectivity index (χ2v) is 5.86. The van der Waals surface area contributed by atoms with Gasteiger partial charge in [-0.2, -0.15) is 0 Å². The SMILES string of the molecule is CN(Cc1ccc(Cl)cc1)C(=O)C1=Cc2cc(F)ccc2OC1. The van der Waals surface area contributed by atoms with Crippen molar-refractivity contribution in [1.82, 2.24) is 4.90 Å². The molecule has 0 atom stereocenters. The molecule has 1 heterocycles. The third-order valence-electron chi connectivity index (χ3n) is 3.64. The monoisotopic (exact) mass is 331 g/mol. The molecule has 3 rings (SSSR count). The smallest absolute Gasteiger partial charge is 0.253 e. The molecular weight excluding hydrogens is 317 g/mol. The van der Waals surface area contributed by atoms with Gasteiger partial charge in [0.15, 0.2) is 0 Å². The van der Waals surface area contributed by atoms with E-state index in [9.17, 15) is 9.18 Å². The van der Waals surface area contributed by atoms with Crippen LogP contribution >= 0.6 is 11.6 Å². The van der Waals surface area contributed by atoms with Crippen molar-refractivity contribution in [2.75, 3.05) is 13.7 Å². The molecule has 0 fully saturated rings. The number of halogens is 2. The van der Waals surface area contributed by atoms with Gasteiger partial charge in [-0.1, -0.05) is 23.7 Å². The van der Waals surface area contributed by atoms with Crippen molar-refractivity contribution >= 4 is 23.6 Å². The number of amides is 1. The van der Waals surface area contributed by atoms with Crippen molar-refractivity contribution in [3.05, 3.63) is 70.0 Å². The van der Waals surface area contributed by atoms with Gasteiger partial charge in [0.2, 0.25) is 0 Å². The first-order valence-corrected chi connectivity index (χ1v) is 7.53. The number of likely N-dealkylation sites (N-methyl/N-ethyl adjacent to an activating group) is 1. The third kappa shape index (κ3) is 3.54. The second kappa shape index (κ2) is 6.42. The summed E-state index contributed by atoms with van der Waals surface area (Å²) in [5.74, 6) is 0.0879. The van der Waals surface area contributed by atoms with Crippen LogP contribution in [0.2, 0.25) is 5.02 Å². The summed E-state index contributed by atoms with van der Waals surface area (Å²) in [6.45, 7) is 0.645. The molecule has 0 spiro atoms. The number of hydrogen-bond donors (Lipinski definition) is 0. The molecule has 5 heteroatoms. The number of benzene rings is 2. The lowest BCUT2D eigenvalue weighted by atomic mass is 10.1. The van der Waals surface area contributed by atoms with Crippen LogP contribution in [0.3, 0.4) is 0 Å². The van der Waals surface area contributed by atoms with Gasteiger partial charge in [-0.05, 0) is 42.0 Å². The summed E-state index contributed by atoms with van der Waals surface area (Å²) in [4.78, 5) is 14.1. The maximum atomic E-state index is 13.3. The summed E-state index contributed by atoms with van der Waals surface area (Å²) in [6.07, 6.45) is 1.68. The lowest BCUT2D eigenvalue weighted by Crippen LogP contribution is -2.30. The van der Waals surface area contributed by atoms with Gasteiger partial charge >= 0.3 is 0 Å². The molecule has 1 aliphatic heterocycles. The first-order valence-electron chi connectivity index (χ1n) is 7.16. The number of carbonyl (C=O) groups is 1. The fraction of sp³-hybridized carbons (Fsp3) is 0.167. The minimum atomic E-state index is -0.355. The Morgan fingerprint density at radius 1 is 1.26 bits per heavy atom. The summed E-state index contributed by atoms with van der Waals surface area (Å²) < 4.78 is 18.8. The van der Waals surface area contributed by atoms with Gasteiger partial charge in [-0.3, -0.25) is 4.79 Å². The Balaban J connectivity index is 1.76. The van der Waals surface area contributed by atoms with Gasteiger partial charge in [0.1, 0.15) is 18.2 Å². The van der Waals surface area contributed by atoms with E-state index in [4.69, 9.17) is 16.3 Å². The van der Waals surface area contributed by atoms with Crippen LogP contribution in [0.5, 0.6) is 5.75 Å². The zero-order valence-corrected chi connectivity index (χ0v) is 13.3. The molecule has 1 aliphatic rings.